The maximum Gasteiger partial charge on any atom is 0.231 e. The number of benzene rings is 1. The van der Waals surface area contributed by atoms with Crippen molar-refractivity contribution in [3.8, 4) is 11.5 Å². The fourth-order valence-electron chi connectivity index (χ4n) is 2.59. The van der Waals surface area contributed by atoms with Crippen molar-refractivity contribution in [3.63, 3.8) is 0 Å². The average molecular weight is 385 g/mol. The maximum absolute atomic E-state index is 6.18. The lowest BCUT2D eigenvalue weighted by molar-refractivity contribution is 0.174. The molecular weight excluding hydrogens is 373 g/mol. The Morgan fingerprint density at radius 3 is 2.92 bits per heavy atom. The average Bonchev–Trinajstić information content (AvgIpc) is 3.00. The van der Waals surface area contributed by atoms with E-state index in [1.807, 2.05) is 18.2 Å². The lowest BCUT2D eigenvalue weighted by Crippen LogP contribution is -2.34. The van der Waals surface area contributed by atoms with E-state index in [1.54, 1.807) is 18.2 Å². The number of hydrogen-bond donors (Lipinski definition) is 1. The zero-order chi connectivity index (χ0) is 16.7. The summed E-state index contributed by atoms with van der Waals surface area (Å²) in [6.07, 6.45) is 5.10. The molecule has 0 saturated carbocycles. The zero-order valence-corrected chi connectivity index (χ0v) is 14.6. The minimum atomic E-state index is -1.09. The molecule has 0 aromatic heterocycles. The highest BCUT2D eigenvalue weighted by Crippen LogP contribution is 2.33. The van der Waals surface area contributed by atoms with E-state index >= 15 is 0 Å². The molecule has 3 aliphatic rings. The van der Waals surface area contributed by atoms with Crippen molar-refractivity contribution in [2.24, 2.45) is 9.98 Å². The van der Waals surface area contributed by atoms with E-state index in [0.717, 1.165) is 22.6 Å². The predicted molar refractivity (Wildman–Crippen MR) is 95.6 cm³/mol. The van der Waals surface area contributed by atoms with E-state index in [9.17, 15) is 0 Å². The van der Waals surface area contributed by atoms with Gasteiger partial charge >= 0.3 is 0 Å². The summed E-state index contributed by atoms with van der Waals surface area (Å²) in [4.78, 5) is 8.60. The van der Waals surface area contributed by atoms with Gasteiger partial charge in [-0.25, -0.2) is 9.98 Å². The van der Waals surface area contributed by atoms with Crippen molar-refractivity contribution >= 4 is 46.4 Å². The Bertz CT molecular complexity index is 815. The van der Waals surface area contributed by atoms with Gasteiger partial charge in [-0.2, -0.15) is 0 Å². The van der Waals surface area contributed by atoms with Crippen molar-refractivity contribution in [2.75, 3.05) is 6.79 Å². The molecule has 0 radical (unpaired) electrons. The van der Waals surface area contributed by atoms with Crippen LogP contribution in [0, 0.1) is 0 Å². The maximum atomic E-state index is 6.18. The molecule has 1 aliphatic carbocycles. The van der Waals surface area contributed by atoms with Gasteiger partial charge in [0.2, 0.25) is 12.4 Å². The minimum absolute atomic E-state index is 0.249. The van der Waals surface area contributed by atoms with Gasteiger partial charge in [0, 0.05) is 12.1 Å². The molecule has 0 fully saturated rings. The van der Waals surface area contributed by atoms with E-state index in [0.29, 0.717) is 18.1 Å². The number of hydrogen-bond acceptors (Lipinski definition) is 5. The molecule has 0 amide bonds. The first-order chi connectivity index (χ1) is 11.5. The summed E-state index contributed by atoms with van der Waals surface area (Å²) in [5.74, 6) is 2.09. The summed E-state index contributed by atoms with van der Waals surface area (Å²) in [6.45, 7) is 0.782. The molecule has 24 heavy (non-hydrogen) atoms. The van der Waals surface area contributed by atoms with Gasteiger partial charge in [-0.1, -0.05) is 40.9 Å². The Hall–Kier alpha value is -1.69. The quantitative estimate of drug-likeness (QED) is 0.627. The van der Waals surface area contributed by atoms with E-state index in [-0.39, 0.29) is 6.79 Å². The molecular formula is C16H12Cl3N3O2. The summed E-state index contributed by atoms with van der Waals surface area (Å²) >= 11 is 18.4. The molecule has 1 aromatic carbocycles. The lowest BCUT2D eigenvalue weighted by atomic mass is 10.0. The third-order valence-corrected chi connectivity index (χ3v) is 4.37. The monoisotopic (exact) mass is 383 g/mol. The number of ether oxygens (including phenoxy) is 2. The highest BCUT2D eigenvalue weighted by molar-refractivity contribution is 6.53. The number of amidine groups is 1. The highest BCUT2D eigenvalue weighted by atomic mass is 35.5. The Morgan fingerprint density at radius 1 is 1.21 bits per heavy atom. The molecule has 1 N–H and O–H groups in total. The lowest BCUT2D eigenvalue weighted by Gasteiger charge is -2.25. The first kappa shape index (κ1) is 15.8. The standard InChI is InChI=1S/C16H12Cl3N3O2/c17-15-21-11-3-4-16(18,19)6-10(11)14(22-15)20-7-9-1-2-12-13(5-9)24-8-23-12/h1-6,15H,7-8H2,(H,20,22). The second-order valence-corrected chi connectivity index (χ2v) is 7.24. The number of fused-ring (bicyclic) bond motifs is 2. The molecule has 124 valence electrons. The van der Waals surface area contributed by atoms with Crippen LogP contribution in [0.3, 0.4) is 0 Å². The summed E-state index contributed by atoms with van der Waals surface area (Å²) in [5, 5.41) is 3.27. The van der Waals surface area contributed by atoms with Crippen molar-refractivity contribution in [3.05, 3.63) is 47.6 Å². The Morgan fingerprint density at radius 2 is 2.04 bits per heavy atom. The van der Waals surface area contributed by atoms with Crippen LogP contribution in [0.5, 0.6) is 11.5 Å². The van der Waals surface area contributed by atoms with Gasteiger partial charge in [0.05, 0.1) is 5.71 Å². The first-order valence-corrected chi connectivity index (χ1v) is 8.42. The van der Waals surface area contributed by atoms with Crippen LogP contribution in [0.4, 0.5) is 0 Å². The van der Waals surface area contributed by atoms with Gasteiger partial charge in [0.15, 0.2) is 15.8 Å². The van der Waals surface area contributed by atoms with Crippen LogP contribution < -0.4 is 14.8 Å². The minimum Gasteiger partial charge on any atom is -0.454 e. The van der Waals surface area contributed by atoms with Gasteiger partial charge in [-0.05, 0) is 35.9 Å². The fourth-order valence-corrected chi connectivity index (χ4v) is 3.14. The summed E-state index contributed by atoms with van der Waals surface area (Å²) in [5.41, 5.74) is 1.78. The normalized spacial score (nSPS) is 23.1. The molecule has 1 unspecified atom stereocenters. The second kappa shape index (κ2) is 5.99. The van der Waals surface area contributed by atoms with Crippen molar-refractivity contribution in [1.29, 1.82) is 0 Å². The molecule has 0 spiro atoms. The molecule has 2 aliphatic heterocycles. The molecule has 0 bridgehead atoms. The second-order valence-electron chi connectivity index (χ2n) is 5.41. The third kappa shape index (κ3) is 3.11. The number of allylic oxidation sites excluding steroid dienone is 3. The van der Waals surface area contributed by atoms with E-state index < -0.39 is 9.96 Å². The number of aliphatic imine (C=N–C) groups is 2. The fraction of sp³-hybridized carbons (Fsp3) is 0.250. The smallest absolute Gasteiger partial charge is 0.231 e. The molecule has 8 heteroatoms. The molecule has 0 saturated heterocycles. The number of nitrogens with zero attached hydrogens (tertiary/aromatic N) is 2. The van der Waals surface area contributed by atoms with Crippen LogP contribution in [-0.2, 0) is 6.54 Å². The van der Waals surface area contributed by atoms with Gasteiger partial charge in [-0.3, -0.25) is 0 Å². The van der Waals surface area contributed by atoms with Crippen LogP contribution >= 0.6 is 34.8 Å². The highest BCUT2D eigenvalue weighted by Gasteiger charge is 2.29. The van der Waals surface area contributed by atoms with Crippen LogP contribution in [0.2, 0.25) is 0 Å². The summed E-state index contributed by atoms with van der Waals surface area (Å²) in [6, 6.07) is 5.76. The summed E-state index contributed by atoms with van der Waals surface area (Å²) < 4.78 is 9.61. The van der Waals surface area contributed by atoms with Crippen molar-refractivity contribution in [1.82, 2.24) is 5.32 Å². The van der Waals surface area contributed by atoms with Crippen LogP contribution in [0.15, 0.2) is 52.0 Å². The van der Waals surface area contributed by atoms with Crippen molar-refractivity contribution in [2.45, 2.75) is 16.5 Å². The molecule has 5 nitrogen and oxygen atoms in total. The van der Waals surface area contributed by atoms with Crippen LogP contribution in [-0.4, -0.2) is 28.3 Å². The van der Waals surface area contributed by atoms with E-state index in [4.69, 9.17) is 44.3 Å². The first-order valence-electron chi connectivity index (χ1n) is 7.23. The molecule has 1 atom stereocenters. The zero-order valence-electron chi connectivity index (χ0n) is 12.3. The summed E-state index contributed by atoms with van der Waals surface area (Å²) in [7, 11) is 0. The molecule has 4 rings (SSSR count). The Balaban J connectivity index is 1.54. The SMILES string of the molecule is ClC1N=C2C=CC(Cl)(Cl)C=C2C(NCc2ccc3c(c2)OCO3)=N1. The predicted octanol–water partition coefficient (Wildman–Crippen LogP) is 3.55. The Labute approximate surface area is 153 Å². The molecule has 2 heterocycles. The van der Waals surface area contributed by atoms with Crippen molar-refractivity contribution < 1.29 is 9.47 Å². The van der Waals surface area contributed by atoms with Gasteiger partial charge < -0.3 is 14.8 Å². The third-order valence-electron chi connectivity index (χ3n) is 3.71. The van der Waals surface area contributed by atoms with Crippen LogP contribution in [0.1, 0.15) is 5.56 Å². The number of alkyl halides is 3. The molecule has 1 aromatic rings. The van der Waals surface area contributed by atoms with Gasteiger partial charge in [-0.15, -0.1) is 0 Å². The number of rotatable bonds is 2. The Kier molecular flexibility index (Phi) is 3.95. The number of nitrogens with one attached hydrogen (secondary N) is 1. The van der Waals surface area contributed by atoms with Crippen LogP contribution in [0.25, 0.3) is 0 Å². The largest absolute Gasteiger partial charge is 0.454 e. The van der Waals surface area contributed by atoms with Gasteiger partial charge in [0.1, 0.15) is 5.84 Å². The van der Waals surface area contributed by atoms with E-state index in [1.165, 1.54) is 0 Å². The van der Waals surface area contributed by atoms with E-state index in [2.05, 4.69) is 15.3 Å². The van der Waals surface area contributed by atoms with Gasteiger partial charge in [0.25, 0.3) is 0 Å². The number of halogens is 3. The topological polar surface area (TPSA) is 55.2 Å².